The Kier molecular flexibility index (Phi) is 13.6. The monoisotopic (exact) mass is 506 g/mol. The highest BCUT2D eigenvalue weighted by Gasteiger charge is 2.15. The van der Waals surface area contributed by atoms with Crippen LogP contribution >= 0.6 is 24.0 Å². The van der Waals surface area contributed by atoms with Crippen molar-refractivity contribution in [3.63, 3.8) is 0 Å². The topological polar surface area (TPSA) is 62.0 Å². The number of furan rings is 1. The third-order valence-electron chi connectivity index (χ3n) is 5.11. The summed E-state index contributed by atoms with van der Waals surface area (Å²) in [6, 6.07) is 4.33. The maximum atomic E-state index is 5.70. The molecule has 0 saturated carbocycles. The predicted octanol–water partition coefficient (Wildman–Crippen LogP) is 3.66. The van der Waals surface area contributed by atoms with Gasteiger partial charge in [0.2, 0.25) is 0 Å². The van der Waals surface area contributed by atoms with Crippen molar-refractivity contribution in [3.8, 4) is 0 Å². The molecule has 1 aromatic heterocycles. The molecule has 0 radical (unpaired) electrons. The van der Waals surface area contributed by atoms with E-state index < -0.39 is 0 Å². The van der Waals surface area contributed by atoms with Crippen LogP contribution in [0.2, 0.25) is 0 Å². The van der Waals surface area contributed by atoms with E-state index >= 15 is 0 Å². The summed E-state index contributed by atoms with van der Waals surface area (Å²) >= 11 is 0. The zero-order chi connectivity index (χ0) is 19.3. The standard InChI is InChI=1S/C21H38N4O2.HI/c1-4-25(5-2)14-6-9-18(3)24-21(23-17-20-11-8-16-27-20)22-13-12-19-10-7-15-26-19;/h7,10,15,18,20H,4-6,8-9,11-14,16-17H2,1-3H3,(H2,22,23,24);1H. The Balaban J connectivity index is 0.00000392. The lowest BCUT2D eigenvalue weighted by Crippen LogP contribution is -2.43. The van der Waals surface area contributed by atoms with Crippen LogP contribution in [0.3, 0.4) is 0 Å². The van der Waals surface area contributed by atoms with Gasteiger partial charge in [0.05, 0.1) is 18.9 Å². The zero-order valence-corrected chi connectivity index (χ0v) is 20.1. The van der Waals surface area contributed by atoms with Crippen molar-refractivity contribution in [2.45, 2.75) is 65.0 Å². The van der Waals surface area contributed by atoms with Crippen LogP contribution in [0.25, 0.3) is 0 Å². The van der Waals surface area contributed by atoms with Gasteiger partial charge in [-0.1, -0.05) is 13.8 Å². The van der Waals surface area contributed by atoms with Crippen molar-refractivity contribution >= 4 is 29.9 Å². The van der Waals surface area contributed by atoms with E-state index in [0.29, 0.717) is 6.04 Å². The minimum Gasteiger partial charge on any atom is -0.469 e. The molecule has 2 heterocycles. The molecule has 1 aliphatic heterocycles. The molecule has 0 aliphatic carbocycles. The first-order valence-corrected chi connectivity index (χ1v) is 10.6. The molecule has 2 atom stereocenters. The Morgan fingerprint density at radius 3 is 2.82 bits per heavy atom. The molecule has 2 unspecified atom stereocenters. The Bertz CT molecular complexity index is 514. The van der Waals surface area contributed by atoms with Crippen LogP contribution in [0.15, 0.2) is 27.8 Å². The zero-order valence-electron chi connectivity index (χ0n) is 17.8. The summed E-state index contributed by atoms with van der Waals surface area (Å²) in [6.45, 7) is 12.5. The van der Waals surface area contributed by atoms with Gasteiger partial charge in [-0.2, -0.15) is 0 Å². The fourth-order valence-corrected chi connectivity index (χ4v) is 3.36. The minimum atomic E-state index is 0. The van der Waals surface area contributed by atoms with Crippen molar-refractivity contribution in [2.24, 2.45) is 4.99 Å². The van der Waals surface area contributed by atoms with E-state index in [1.54, 1.807) is 6.26 Å². The van der Waals surface area contributed by atoms with Gasteiger partial charge in [-0.05, 0) is 64.4 Å². The first kappa shape index (κ1) is 25.2. The summed E-state index contributed by atoms with van der Waals surface area (Å²) < 4.78 is 11.1. The Morgan fingerprint density at radius 2 is 2.18 bits per heavy atom. The fourth-order valence-electron chi connectivity index (χ4n) is 3.36. The molecule has 162 valence electrons. The molecule has 6 nitrogen and oxygen atoms in total. The van der Waals surface area contributed by atoms with E-state index in [1.165, 1.54) is 6.42 Å². The van der Waals surface area contributed by atoms with E-state index in [9.17, 15) is 0 Å². The molecule has 0 spiro atoms. The summed E-state index contributed by atoms with van der Waals surface area (Å²) in [6.07, 6.45) is 7.43. The lowest BCUT2D eigenvalue weighted by atomic mass is 10.2. The van der Waals surface area contributed by atoms with Crippen LogP contribution in [-0.2, 0) is 11.2 Å². The van der Waals surface area contributed by atoms with E-state index in [-0.39, 0.29) is 30.1 Å². The van der Waals surface area contributed by atoms with E-state index in [4.69, 9.17) is 14.1 Å². The number of aliphatic imine (C=N–C) groups is 1. The minimum absolute atomic E-state index is 0. The van der Waals surface area contributed by atoms with E-state index in [0.717, 1.165) is 76.7 Å². The van der Waals surface area contributed by atoms with Crippen LogP contribution in [0.4, 0.5) is 0 Å². The molecule has 2 N–H and O–H groups in total. The Hall–Kier alpha value is -0.800. The van der Waals surface area contributed by atoms with Crippen LogP contribution in [0, 0.1) is 0 Å². The second-order valence-corrected chi connectivity index (χ2v) is 7.29. The summed E-state index contributed by atoms with van der Waals surface area (Å²) in [5, 5.41) is 7.01. The van der Waals surface area contributed by atoms with Crippen molar-refractivity contribution in [3.05, 3.63) is 24.2 Å². The summed E-state index contributed by atoms with van der Waals surface area (Å²) in [7, 11) is 0. The van der Waals surface area contributed by atoms with Gasteiger partial charge < -0.3 is 24.7 Å². The van der Waals surface area contributed by atoms with Gasteiger partial charge in [0.15, 0.2) is 5.96 Å². The highest BCUT2D eigenvalue weighted by atomic mass is 127. The average Bonchev–Trinajstić information content (AvgIpc) is 3.37. The number of nitrogens with zero attached hydrogens (tertiary/aromatic N) is 2. The molecule has 1 aliphatic rings. The lowest BCUT2D eigenvalue weighted by Gasteiger charge is -2.21. The third-order valence-corrected chi connectivity index (χ3v) is 5.11. The second-order valence-electron chi connectivity index (χ2n) is 7.29. The fraction of sp³-hybridized carbons (Fsp3) is 0.762. The molecule has 0 bridgehead atoms. The number of hydrogen-bond acceptors (Lipinski definition) is 4. The molecule has 1 aromatic rings. The van der Waals surface area contributed by atoms with Crippen LogP contribution in [-0.4, -0.2) is 62.3 Å². The summed E-state index contributed by atoms with van der Waals surface area (Å²) in [4.78, 5) is 7.24. The van der Waals surface area contributed by atoms with Gasteiger partial charge in [-0.15, -0.1) is 24.0 Å². The van der Waals surface area contributed by atoms with Crippen molar-refractivity contribution in [1.82, 2.24) is 15.5 Å². The second kappa shape index (κ2) is 15.1. The number of ether oxygens (including phenoxy) is 1. The maximum absolute atomic E-state index is 5.70. The molecule has 1 fully saturated rings. The van der Waals surface area contributed by atoms with Crippen molar-refractivity contribution < 1.29 is 9.15 Å². The molecule has 0 aromatic carbocycles. The predicted molar refractivity (Wildman–Crippen MR) is 127 cm³/mol. The molecular formula is C21H39IN4O2. The molecule has 7 heteroatoms. The third kappa shape index (κ3) is 10.1. The first-order valence-electron chi connectivity index (χ1n) is 10.6. The Morgan fingerprint density at radius 1 is 1.36 bits per heavy atom. The van der Waals surface area contributed by atoms with Gasteiger partial charge in [0, 0.05) is 25.6 Å². The van der Waals surface area contributed by atoms with Crippen molar-refractivity contribution in [1.29, 1.82) is 0 Å². The number of guanidine groups is 1. The first-order chi connectivity index (χ1) is 13.2. The number of halogens is 1. The SMILES string of the molecule is CCN(CC)CCCC(C)NC(=NCC1CCCO1)NCCc1ccco1.I. The van der Waals surface area contributed by atoms with Crippen LogP contribution in [0.1, 0.15) is 52.2 Å². The van der Waals surface area contributed by atoms with Crippen LogP contribution < -0.4 is 10.6 Å². The smallest absolute Gasteiger partial charge is 0.191 e. The van der Waals surface area contributed by atoms with Gasteiger partial charge >= 0.3 is 0 Å². The molecular weight excluding hydrogens is 467 g/mol. The molecule has 28 heavy (non-hydrogen) atoms. The summed E-state index contributed by atoms with van der Waals surface area (Å²) in [5.41, 5.74) is 0. The number of nitrogens with one attached hydrogen (secondary N) is 2. The number of rotatable bonds is 12. The quantitative estimate of drug-likeness (QED) is 0.258. The molecule has 1 saturated heterocycles. The highest BCUT2D eigenvalue weighted by molar-refractivity contribution is 14.0. The van der Waals surface area contributed by atoms with Gasteiger partial charge in [-0.25, -0.2) is 0 Å². The maximum Gasteiger partial charge on any atom is 0.191 e. The number of hydrogen-bond donors (Lipinski definition) is 2. The van der Waals surface area contributed by atoms with Gasteiger partial charge in [0.1, 0.15) is 5.76 Å². The normalized spacial score (nSPS) is 18.1. The lowest BCUT2D eigenvalue weighted by molar-refractivity contribution is 0.117. The average molecular weight is 506 g/mol. The van der Waals surface area contributed by atoms with Gasteiger partial charge in [0.25, 0.3) is 0 Å². The van der Waals surface area contributed by atoms with Gasteiger partial charge in [-0.3, -0.25) is 4.99 Å². The summed E-state index contributed by atoms with van der Waals surface area (Å²) in [5.74, 6) is 1.88. The van der Waals surface area contributed by atoms with Crippen molar-refractivity contribution in [2.75, 3.05) is 39.3 Å². The molecule has 0 amide bonds. The molecule has 2 rings (SSSR count). The highest BCUT2D eigenvalue weighted by Crippen LogP contribution is 2.11. The van der Waals surface area contributed by atoms with E-state index in [1.807, 2.05) is 12.1 Å². The van der Waals surface area contributed by atoms with Crippen LogP contribution in [0.5, 0.6) is 0 Å². The van der Waals surface area contributed by atoms with E-state index in [2.05, 4.69) is 36.3 Å². The Labute approximate surface area is 187 Å². The largest absolute Gasteiger partial charge is 0.469 e.